The summed E-state index contributed by atoms with van der Waals surface area (Å²) in [5, 5.41) is 3.53. The Morgan fingerprint density at radius 1 is 1.04 bits per heavy atom. The van der Waals surface area contributed by atoms with Gasteiger partial charge in [0, 0.05) is 29.1 Å². The van der Waals surface area contributed by atoms with Gasteiger partial charge in [0.05, 0.1) is 5.56 Å². The maximum Gasteiger partial charge on any atom is 0.257 e. The lowest BCUT2D eigenvalue weighted by atomic mass is 10.2. The average molecular weight is 355 g/mol. The third-order valence-corrected chi connectivity index (χ3v) is 4.40. The summed E-state index contributed by atoms with van der Waals surface area (Å²) in [6.07, 6.45) is 0. The van der Waals surface area contributed by atoms with Crippen LogP contribution in [0, 0.1) is 13.8 Å². The van der Waals surface area contributed by atoms with Gasteiger partial charge in [-0.05, 0) is 62.4 Å². The Bertz CT molecular complexity index is 914. The molecule has 128 valence electrons. The highest BCUT2D eigenvalue weighted by Gasteiger charge is 2.14. The molecular formula is C20H19ClN2O2. The molecule has 0 atom stereocenters. The second kappa shape index (κ2) is 7.03. The van der Waals surface area contributed by atoms with Crippen molar-refractivity contribution in [1.82, 2.24) is 4.57 Å². The Hall–Kier alpha value is -2.72. The Labute approximate surface area is 152 Å². The van der Waals surface area contributed by atoms with Gasteiger partial charge in [-0.25, -0.2) is 0 Å². The highest BCUT2D eigenvalue weighted by molar-refractivity contribution is 6.30. The first-order valence-electron chi connectivity index (χ1n) is 7.92. The van der Waals surface area contributed by atoms with Gasteiger partial charge in [0.2, 0.25) is 0 Å². The fourth-order valence-corrected chi connectivity index (χ4v) is 2.74. The molecule has 0 spiro atoms. The summed E-state index contributed by atoms with van der Waals surface area (Å²) in [5.74, 6) is 1.22. The van der Waals surface area contributed by atoms with E-state index < -0.39 is 0 Å². The zero-order chi connectivity index (χ0) is 18.0. The number of aryl methyl sites for hydroxylation is 1. The van der Waals surface area contributed by atoms with Crippen molar-refractivity contribution in [1.29, 1.82) is 0 Å². The molecule has 0 fully saturated rings. The second-order valence-electron chi connectivity index (χ2n) is 5.88. The molecule has 0 aliphatic carbocycles. The van der Waals surface area contributed by atoms with Gasteiger partial charge in [0.25, 0.3) is 5.91 Å². The molecule has 4 nitrogen and oxygen atoms in total. The summed E-state index contributed by atoms with van der Waals surface area (Å²) >= 11 is 5.95. The van der Waals surface area contributed by atoms with Crippen molar-refractivity contribution in [2.45, 2.75) is 13.8 Å². The summed E-state index contributed by atoms with van der Waals surface area (Å²) < 4.78 is 7.74. The van der Waals surface area contributed by atoms with Gasteiger partial charge in [-0.15, -0.1) is 0 Å². The summed E-state index contributed by atoms with van der Waals surface area (Å²) in [6, 6.07) is 16.3. The van der Waals surface area contributed by atoms with Crippen LogP contribution in [0.3, 0.4) is 0 Å². The van der Waals surface area contributed by atoms with E-state index >= 15 is 0 Å². The molecule has 0 bridgehead atoms. The number of halogens is 1. The Morgan fingerprint density at radius 2 is 1.76 bits per heavy atom. The minimum Gasteiger partial charge on any atom is -0.457 e. The van der Waals surface area contributed by atoms with E-state index in [4.69, 9.17) is 16.3 Å². The third-order valence-electron chi connectivity index (χ3n) is 4.16. The molecule has 3 rings (SSSR count). The number of hydrogen-bond acceptors (Lipinski definition) is 2. The highest BCUT2D eigenvalue weighted by Crippen LogP contribution is 2.25. The summed E-state index contributed by atoms with van der Waals surface area (Å²) in [7, 11) is 1.95. The van der Waals surface area contributed by atoms with Crippen molar-refractivity contribution in [3.8, 4) is 11.5 Å². The van der Waals surface area contributed by atoms with Gasteiger partial charge in [0.1, 0.15) is 11.5 Å². The number of carbonyl (C=O) groups is 1. The first kappa shape index (κ1) is 17.1. The highest BCUT2D eigenvalue weighted by atomic mass is 35.5. The van der Waals surface area contributed by atoms with E-state index in [1.807, 2.05) is 55.8 Å². The molecule has 1 heterocycles. The summed E-state index contributed by atoms with van der Waals surface area (Å²) in [5.41, 5.74) is 3.38. The Morgan fingerprint density at radius 3 is 2.36 bits per heavy atom. The van der Waals surface area contributed by atoms with Crippen molar-refractivity contribution in [2.75, 3.05) is 5.32 Å². The normalized spacial score (nSPS) is 10.6. The van der Waals surface area contributed by atoms with Crippen LogP contribution in [0.1, 0.15) is 21.7 Å². The maximum absolute atomic E-state index is 12.4. The Balaban J connectivity index is 1.70. The first-order valence-corrected chi connectivity index (χ1v) is 8.29. The van der Waals surface area contributed by atoms with Gasteiger partial charge in [-0.3, -0.25) is 4.79 Å². The number of anilines is 1. The molecule has 0 saturated carbocycles. The molecule has 25 heavy (non-hydrogen) atoms. The SMILES string of the molecule is Cc1cc(C(=O)Nc2ccc(Oc3cccc(Cl)c3)cc2)c(C)n1C. The van der Waals surface area contributed by atoms with Crippen LogP contribution >= 0.6 is 11.6 Å². The van der Waals surface area contributed by atoms with Crippen molar-refractivity contribution in [3.63, 3.8) is 0 Å². The van der Waals surface area contributed by atoms with Crippen LogP contribution in [0.5, 0.6) is 11.5 Å². The van der Waals surface area contributed by atoms with Crippen LogP contribution in [-0.4, -0.2) is 10.5 Å². The fraction of sp³-hybridized carbons (Fsp3) is 0.150. The summed E-state index contributed by atoms with van der Waals surface area (Å²) in [4.78, 5) is 12.4. The van der Waals surface area contributed by atoms with Crippen LogP contribution in [0.15, 0.2) is 54.6 Å². The van der Waals surface area contributed by atoms with E-state index in [1.165, 1.54) is 0 Å². The summed E-state index contributed by atoms with van der Waals surface area (Å²) in [6.45, 7) is 3.91. The van der Waals surface area contributed by atoms with E-state index in [-0.39, 0.29) is 5.91 Å². The van der Waals surface area contributed by atoms with Crippen LogP contribution in [0.2, 0.25) is 5.02 Å². The minimum atomic E-state index is -0.121. The molecule has 0 aliphatic rings. The van der Waals surface area contributed by atoms with E-state index in [0.717, 1.165) is 11.4 Å². The smallest absolute Gasteiger partial charge is 0.257 e. The molecule has 0 aliphatic heterocycles. The van der Waals surface area contributed by atoms with E-state index in [1.54, 1.807) is 24.3 Å². The number of ether oxygens (including phenoxy) is 1. The van der Waals surface area contributed by atoms with E-state index in [9.17, 15) is 4.79 Å². The van der Waals surface area contributed by atoms with E-state index in [2.05, 4.69) is 5.32 Å². The first-order chi connectivity index (χ1) is 11.9. The van der Waals surface area contributed by atoms with Gasteiger partial charge in [-0.2, -0.15) is 0 Å². The number of benzene rings is 2. The largest absolute Gasteiger partial charge is 0.457 e. The van der Waals surface area contributed by atoms with Gasteiger partial charge < -0.3 is 14.6 Å². The number of hydrogen-bond donors (Lipinski definition) is 1. The standard InChI is InChI=1S/C20H19ClN2O2/c1-13-11-19(14(2)23(13)3)20(24)22-16-7-9-17(10-8-16)25-18-6-4-5-15(21)12-18/h4-12H,1-3H3,(H,22,24). The molecule has 0 unspecified atom stereocenters. The number of carbonyl (C=O) groups excluding carboxylic acids is 1. The number of nitrogens with zero attached hydrogens (tertiary/aromatic N) is 1. The van der Waals surface area contributed by atoms with Crippen molar-refractivity contribution in [2.24, 2.45) is 7.05 Å². The lowest BCUT2D eigenvalue weighted by molar-refractivity contribution is 0.102. The number of amides is 1. The zero-order valence-corrected chi connectivity index (χ0v) is 15.1. The Kier molecular flexibility index (Phi) is 4.81. The van der Waals surface area contributed by atoms with Gasteiger partial charge >= 0.3 is 0 Å². The predicted molar refractivity (Wildman–Crippen MR) is 101 cm³/mol. The lowest BCUT2D eigenvalue weighted by Crippen LogP contribution is -2.12. The second-order valence-corrected chi connectivity index (χ2v) is 6.32. The topological polar surface area (TPSA) is 43.3 Å². The van der Waals surface area contributed by atoms with Crippen LogP contribution in [0.4, 0.5) is 5.69 Å². The van der Waals surface area contributed by atoms with E-state index in [0.29, 0.717) is 27.8 Å². The molecule has 0 radical (unpaired) electrons. The van der Waals surface area contributed by atoms with Crippen LogP contribution in [0.25, 0.3) is 0 Å². The van der Waals surface area contributed by atoms with Gasteiger partial charge in [-0.1, -0.05) is 17.7 Å². The quantitative estimate of drug-likeness (QED) is 0.687. The number of nitrogens with one attached hydrogen (secondary N) is 1. The molecule has 2 aromatic carbocycles. The molecule has 3 aromatic rings. The predicted octanol–water partition coefficient (Wildman–Crippen LogP) is 5.34. The minimum absolute atomic E-state index is 0.121. The fourth-order valence-electron chi connectivity index (χ4n) is 2.56. The molecular weight excluding hydrogens is 336 g/mol. The molecule has 1 amide bonds. The maximum atomic E-state index is 12.4. The monoisotopic (exact) mass is 354 g/mol. The van der Waals surface area contributed by atoms with Crippen molar-refractivity contribution in [3.05, 3.63) is 76.6 Å². The van der Waals surface area contributed by atoms with Crippen molar-refractivity contribution >= 4 is 23.2 Å². The molecule has 1 N–H and O–H groups in total. The zero-order valence-electron chi connectivity index (χ0n) is 14.3. The third kappa shape index (κ3) is 3.86. The van der Waals surface area contributed by atoms with Crippen LogP contribution < -0.4 is 10.1 Å². The lowest BCUT2D eigenvalue weighted by Gasteiger charge is -2.08. The molecule has 1 aromatic heterocycles. The number of rotatable bonds is 4. The average Bonchev–Trinajstić information content (AvgIpc) is 2.84. The van der Waals surface area contributed by atoms with Gasteiger partial charge in [0.15, 0.2) is 0 Å². The number of aromatic nitrogens is 1. The van der Waals surface area contributed by atoms with Crippen LogP contribution in [-0.2, 0) is 7.05 Å². The van der Waals surface area contributed by atoms with Crippen molar-refractivity contribution < 1.29 is 9.53 Å². The molecule has 0 saturated heterocycles. The molecule has 5 heteroatoms.